The molecule has 2 N–H and O–H groups in total. The van der Waals surface area contributed by atoms with Crippen LogP contribution in [0.5, 0.6) is 0 Å². The third kappa shape index (κ3) is 3.78. The van der Waals surface area contributed by atoms with Gasteiger partial charge in [0.25, 0.3) is 0 Å². The molecule has 1 aliphatic rings. The van der Waals surface area contributed by atoms with Crippen LogP contribution in [0.1, 0.15) is 28.8 Å². The van der Waals surface area contributed by atoms with Crippen LogP contribution in [0.25, 0.3) is 0 Å². The molecule has 2 rings (SSSR count). The third-order valence-electron chi connectivity index (χ3n) is 3.83. The van der Waals surface area contributed by atoms with Gasteiger partial charge in [-0.25, -0.2) is 9.18 Å². The molecular weight excluding hydrogens is 275 g/mol. The van der Waals surface area contributed by atoms with Gasteiger partial charge >= 0.3 is 5.97 Å². The van der Waals surface area contributed by atoms with Gasteiger partial charge in [0.1, 0.15) is 5.82 Å². The number of carbonyl (C=O) groups excluding carboxylic acids is 2. The van der Waals surface area contributed by atoms with E-state index in [9.17, 15) is 14.0 Å². The Bertz CT molecular complexity index is 540. The van der Waals surface area contributed by atoms with Crippen molar-refractivity contribution in [2.75, 3.05) is 20.2 Å². The number of carbonyl (C=O) groups is 2. The van der Waals surface area contributed by atoms with E-state index in [2.05, 4.69) is 9.64 Å². The van der Waals surface area contributed by atoms with Gasteiger partial charge in [0, 0.05) is 12.5 Å². The van der Waals surface area contributed by atoms with E-state index in [0.717, 1.165) is 31.5 Å². The summed E-state index contributed by atoms with van der Waals surface area (Å²) in [4.78, 5) is 24.6. The second-order valence-corrected chi connectivity index (χ2v) is 5.26. The number of hydrogen-bond donors (Lipinski definition) is 1. The van der Waals surface area contributed by atoms with Gasteiger partial charge in [0.15, 0.2) is 0 Å². The average Bonchev–Trinajstić information content (AvgIpc) is 2.47. The Morgan fingerprint density at radius 1 is 1.38 bits per heavy atom. The predicted molar refractivity (Wildman–Crippen MR) is 74.9 cm³/mol. The first-order chi connectivity index (χ1) is 10.0. The van der Waals surface area contributed by atoms with Gasteiger partial charge in [-0.15, -0.1) is 0 Å². The number of rotatable bonds is 4. The Kier molecular flexibility index (Phi) is 4.90. The topological polar surface area (TPSA) is 72.6 Å². The van der Waals surface area contributed by atoms with Crippen molar-refractivity contribution in [2.24, 2.45) is 11.7 Å². The molecule has 0 spiro atoms. The van der Waals surface area contributed by atoms with Crippen LogP contribution in [-0.2, 0) is 16.1 Å². The van der Waals surface area contributed by atoms with Crippen LogP contribution in [0, 0.1) is 11.7 Å². The third-order valence-corrected chi connectivity index (χ3v) is 3.83. The summed E-state index contributed by atoms with van der Waals surface area (Å²) in [5, 5.41) is 0. The smallest absolute Gasteiger partial charge is 0.340 e. The molecule has 1 saturated heterocycles. The lowest BCUT2D eigenvalue weighted by atomic mass is 9.96. The second kappa shape index (κ2) is 6.67. The van der Waals surface area contributed by atoms with Gasteiger partial charge in [-0.1, -0.05) is 6.07 Å². The van der Waals surface area contributed by atoms with E-state index in [4.69, 9.17) is 5.73 Å². The highest BCUT2D eigenvalue weighted by atomic mass is 19.1. The second-order valence-electron chi connectivity index (χ2n) is 5.26. The fourth-order valence-electron chi connectivity index (χ4n) is 2.57. The van der Waals surface area contributed by atoms with Gasteiger partial charge in [-0.05, 0) is 43.6 Å². The van der Waals surface area contributed by atoms with Crippen molar-refractivity contribution in [3.05, 3.63) is 35.1 Å². The molecule has 1 fully saturated rings. The number of ether oxygens (including phenoxy) is 1. The Labute approximate surface area is 122 Å². The van der Waals surface area contributed by atoms with Crippen LogP contribution in [0.4, 0.5) is 4.39 Å². The Morgan fingerprint density at radius 3 is 2.57 bits per heavy atom. The number of likely N-dealkylation sites (tertiary alicyclic amines) is 1. The molecule has 6 heteroatoms. The van der Waals surface area contributed by atoms with Crippen molar-refractivity contribution in [3.63, 3.8) is 0 Å². The number of esters is 1. The van der Waals surface area contributed by atoms with Crippen LogP contribution in [0.2, 0.25) is 0 Å². The molecule has 0 unspecified atom stereocenters. The van der Waals surface area contributed by atoms with E-state index < -0.39 is 11.8 Å². The highest BCUT2D eigenvalue weighted by Crippen LogP contribution is 2.19. The Balaban J connectivity index is 1.97. The summed E-state index contributed by atoms with van der Waals surface area (Å²) in [5.41, 5.74) is 6.02. The first kappa shape index (κ1) is 15.4. The molecule has 0 bridgehead atoms. The molecule has 1 aromatic carbocycles. The number of halogens is 1. The van der Waals surface area contributed by atoms with E-state index in [1.54, 1.807) is 6.07 Å². The average molecular weight is 294 g/mol. The van der Waals surface area contributed by atoms with Gasteiger partial charge in [0.2, 0.25) is 5.91 Å². The minimum atomic E-state index is -0.679. The van der Waals surface area contributed by atoms with Crippen LogP contribution in [0.3, 0.4) is 0 Å². The minimum absolute atomic E-state index is 0.0558. The molecule has 1 aromatic rings. The number of primary amides is 1. The van der Waals surface area contributed by atoms with Crippen LogP contribution < -0.4 is 5.73 Å². The van der Waals surface area contributed by atoms with E-state index in [1.165, 1.54) is 19.2 Å². The normalized spacial score (nSPS) is 16.7. The van der Waals surface area contributed by atoms with E-state index in [1.807, 2.05) is 0 Å². The zero-order chi connectivity index (χ0) is 15.4. The molecule has 0 saturated carbocycles. The summed E-state index contributed by atoms with van der Waals surface area (Å²) >= 11 is 0. The molecule has 0 aromatic heterocycles. The molecule has 21 heavy (non-hydrogen) atoms. The summed E-state index contributed by atoms with van der Waals surface area (Å²) < 4.78 is 18.3. The lowest BCUT2D eigenvalue weighted by Crippen LogP contribution is -2.38. The molecule has 1 amide bonds. The van der Waals surface area contributed by atoms with Crippen molar-refractivity contribution in [1.82, 2.24) is 4.90 Å². The zero-order valence-electron chi connectivity index (χ0n) is 12.0. The van der Waals surface area contributed by atoms with Crippen molar-refractivity contribution < 1.29 is 18.7 Å². The van der Waals surface area contributed by atoms with Crippen molar-refractivity contribution in [3.8, 4) is 0 Å². The molecule has 5 nitrogen and oxygen atoms in total. The van der Waals surface area contributed by atoms with Crippen molar-refractivity contribution in [1.29, 1.82) is 0 Å². The lowest BCUT2D eigenvalue weighted by Gasteiger charge is -2.30. The molecular formula is C15H19FN2O3. The SMILES string of the molecule is COC(=O)c1ccc(CN2CCC(C(N)=O)CC2)cc1F. The summed E-state index contributed by atoms with van der Waals surface area (Å²) in [6, 6.07) is 4.51. The van der Waals surface area contributed by atoms with E-state index in [0.29, 0.717) is 6.54 Å². The highest BCUT2D eigenvalue weighted by Gasteiger charge is 2.23. The van der Waals surface area contributed by atoms with Gasteiger partial charge < -0.3 is 10.5 Å². The molecule has 0 radical (unpaired) electrons. The number of nitrogens with zero attached hydrogens (tertiary/aromatic N) is 1. The standard InChI is InChI=1S/C15H19FN2O3/c1-21-15(20)12-3-2-10(8-13(12)16)9-18-6-4-11(5-7-18)14(17)19/h2-3,8,11H,4-7,9H2,1H3,(H2,17,19). The first-order valence-electron chi connectivity index (χ1n) is 6.89. The maximum atomic E-state index is 13.8. The summed E-state index contributed by atoms with van der Waals surface area (Å²) in [6.07, 6.45) is 1.47. The van der Waals surface area contributed by atoms with Gasteiger partial charge in [-0.2, -0.15) is 0 Å². The fourth-order valence-corrected chi connectivity index (χ4v) is 2.57. The fraction of sp³-hybridized carbons (Fsp3) is 0.467. The number of hydrogen-bond acceptors (Lipinski definition) is 4. The first-order valence-corrected chi connectivity index (χ1v) is 6.89. The van der Waals surface area contributed by atoms with Gasteiger partial charge in [-0.3, -0.25) is 9.69 Å². The Hall–Kier alpha value is -1.95. The van der Waals surface area contributed by atoms with E-state index >= 15 is 0 Å². The van der Waals surface area contributed by atoms with E-state index in [-0.39, 0.29) is 17.4 Å². The largest absolute Gasteiger partial charge is 0.465 e. The molecule has 0 atom stereocenters. The van der Waals surface area contributed by atoms with Crippen LogP contribution >= 0.6 is 0 Å². The lowest BCUT2D eigenvalue weighted by molar-refractivity contribution is -0.123. The quantitative estimate of drug-likeness (QED) is 0.850. The number of piperidine rings is 1. The summed E-state index contributed by atoms with van der Waals surface area (Å²) in [6.45, 7) is 2.10. The molecule has 1 aliphatic heterocycles. The molecule has 1 heterocycles. The number of nitrogens with two attached hydrogens (primary N) is 1. The number of benzene rings is 1. The Morgan fingerprint density at radius 2 is 2.05 bits per heavy atom. The van der Waals surface area contributed by atoms with Crippen LogP contribution in [-0.4, -0.2) is 37.0 Å². The van der Waals surface area contributed by atoms with Crippen molar-refractivity contribution in [2.45, 2.75) is 19.4 Å². The number of methoxy groups -OCH3 is 1. The molecule has 114 valence electrons. The predicted octanol–water partition coefficient (Wildman–Crippen LogP) is 1.31. The maximum Gasteiger partial charge on any atom is 0.340 e. The monoisotopic (exact) mass is 294 g/mol. The summed E-state index contributed by atoms with van der Waals surface area (Å²) in [7, 11) is 1.22. The maximum absolute atomic E-state index is 13.8. The zero-order valence-corrected chi connectivity index (χ0v) is 12.0. The summed E-state index contributed by atoms with van der Waals surface area (Å²) in [5.74, 6) is -1.56. The highest BCUT2D eigenvalue weighted by molar-refractivity contribution is 5.89. The van der Waals surface area contributed by atoms with Crippen LogP contribution in [0.15, 0.2) is 18.2 Å². The molecule has 0 aliphatic carbocycles. The minimum Gasteiger partial charge on any atom is -0.465 e. The number of amides is 1. The van der Waals surface area contributed by atoms with Crippen molar-refractivity contribution >= 4 is 11.9 Å². The van der Waals surface area contributed by atoms with Gasteiger partial charge in [0.05, 0.1) is 12.7 Å².